The van der Waals surface area contributed by atoms with Crippen LogP contribution in [0.2, 0.25) is 0 Å². The molecule has 0 saturated heterocycles. The van der Waals surface area contributed by atoms with E-state index in [1.54, 1.807) is 0 Å². The maximum absolute atomic E-state index is 8.53. The Morgan fingerprint density at radius 2 is 0.833 bits per heavy atom. The fourth-order valence-electron chi connectivity index (χ4n) is 0. The average molecular weight is 179 g/mol. The van der Waals surface area contributed by atoms with E-state index in [1.807, 2.05) is 0 Å². The Labute approximate surface area is 45.2 Å². The van der Waals surface area contributed by atoms with E-state index < -0.39 is 12.1 Å². The normalized spacial score (nSPS) is 12.0. The van der Waals surface area contributed by atoms with Gasteiger partial charge in [0.15, 0.2) is 0 Å². The zero-order valence-electron chi connectivity index (χ0n) is 2.30. The molecule has 0 rings (SSSR count). The quantitative estimate of drug-likeness (QED) is 0.470. The molecule has 0 radical (unpaired) electrons. The van der Waals surface area contributed by atoms with Crippen molar-refractivity contribution in [3.8, 4) is 0 Å². The summed E-state index contributed by atoms with van der Waals surface area (Å²) >= 11 is -5.25. The predicted molar refractivity (Wildman–Crippen MR) is 2.75 cm³/mol. The molecule has 0 bridgehead atoms. The van der Waals surface area contributed by atoms with Crippen molar-refractivity contribution in [2.24, 2.45) is 0 Å². The second kappa shape index (κ2) is 2.40. The molecule has 0 aromatic rings. The van der Waals surface area contributed by atoms with E-state index in [0.29, 0.717) is 0 Å². The molecule has 0 unspecified atom stereocenters. The first kappa shape index (κ1) is 9.51. The Bertz CT molecular complexity index is 159. The third-order valence-electron chi connectivity index (χ3n) is 0. The predicted octanol–water partition coefficient (Wildman–Crippen LogP) is -0.480. The molecule has 0 aromatic heterocycles. The van der Waals surface area contributed by atoms with Crippen LogP contribution in [0.3, 0.4) is 0 Å². The fraction of sp³-hybridized carbons (Fsp3) is 0. The van der Waals surface area contributed by atoms with E-state index in [0.717, 1.165) is 0 Å². The first-order valence-corrected chi connectivity index (χ1v) is 2.13. The summed E-state index contributed by atoms with van der Waals surface area (Å²) in [5.41, 5.74) is 0. The van der Waals surface area contributed by atoms with E-state index in [4.69, 9.17) is 15.6 Å². The third kappa shape index (κ3) is 959. The molecule has 0 aliphatic rings. The van der Waals surface area contributed by atoms with E-state index >= 15 is 0 Å². The molecular formula is FeNiO4. The SMILES string of the molecule is [Fe].[O]=[Ni](=[O])(=[O])=[O]. The summed E-state index contributed by atoms with van der Waals surface area (Å²) in [5.74, 6) is 0. The minimum atomic E-state index is -5.25. The van der Waals surface area contributed by atoms with Crippen LogP contribution in [0.5, 0.6) is 0 Å². The van der Waals surface area contributed by atoms with E-state index in [1.165, 1.54) is 0 Å². The molecule has 0 spiro atoms. The van der Waals surface area contributed by atoms with Crippen LogP contribution in [0.15, 0.2) is 0 Å². The van der Waals surface area contributed by atoms with Crippen molar-refractivity contribution in [2.45, 2.75) is 0 Å². The zero-order chi connectivity index (χ0) is 4.50. The van der Waals surface area contributed by atoms with Gasteiger partial charge in [-0.2, -0.15) is 0 Å². The van der Waals surface area contributed by atoms with Crippen LogP contribution in [-0.2, 0) is 44.7 Å². The topological polar surface area (TPSA) is 68.3 Å². The molecule has 42 valence electrons. The van der Waals surface area contributed by atoms with Gasteiger partial charge < -0.3 is 0 Å². The van der Waals surface area contributed by atoms with Gasteiger partial charge in [0.1, 0.15) is 0 Å². The van der Waals surface area contributed by atoms with Gasteiger partial charge >= 0.3 is 27.7 Å². The van der Waals surface area contributed by atoms with Crippen molar-refractivity contribution < 1.29 is 44.7 Å². The van der Waals surface area contributed by atoms with Crippen LogP contribution in [0, 0.1) is 0 Å². The van der Waals surface area contributed by atoms with Crippen LogP contribution in [0.4, 0.5) is 0 Å². The van der Waals surface area contributed by atoms with Gasteiger partial charge in [-0.15, -0.1) is 0 Å². The zero-order valence-corrected chi connectivity index (χ0v) is 4.39. The monoisotopic (exact) mass is 178 g/mol. The summed E-state index contributed by atoms with van der Waals surface area (Å²) in [4.78, 5) is 0. The third-order valence-corrected chi connectivity index (χ3v) is 0. The Morgan fingerprint density at radius 3 is 0.833 bits per heavy atom. The molecule has 0 aliphatic heterocycles. The average Bonchev–Trinajstić information content (AvgIpc) is 0.722. The van der Waals surface area contributed by atoms with Crippen molar-refractivity contribution in [1.29, 1.82) is 0 Å². The van der Waals surface area contributed by atoms with Crippen LogP contribution in [0.25, 0.3) is 0 Å². The van der Waals surface area contributed by atoms with Crippen molar-refractivity contribution in [1.82, 2.24) is 0 Å². The van der Waals surface area contributed by atoms with Gasteiger partial charge in [0.2, 0.25) is 0 Å². The van der Waals surface area contributed by atoms with Crippen LogP contribution in [-0.4, -0.2) is 0 Å². The molecule has 0 atom stereocenters. The summed E-state index contributed by atoms with van der Waals surface area (Å²) in [6.45, 7) is 0. The van der Waals surface area contributed by atoms with Crippen molar-refractivity contribution in [3.05, 3.63) is 0 Å². The van der Waals surface area contributed by atoms with E-state index in [9.17, 15) is 0 Å². The molecular weight excluding hydrogens is 179 g/mol. The first-order valence-electron chi connectivity index (χ1n) is 0.516. The molecule has 6 heavy (non-hydrogen) atoms. The Hall–Kier alpha value is 0.213. The Balaban J connectivity index is 0. The van der Waals surface area contributed by atoms with Crippen LogP contribution >= 0.6 is 0 Å². The fourth-order valence-corrected chi connectivity index (χ4v) is 0. The van der Waals surface area contributed by atoms with Gasteiger partial charge in [0.25, 0.3) is 0 Å². The van der Waals surface area contributed by atoms with Crippen molar-refractivity contribution >= 4 is 0 Å². The first-order chi connectivity index (χ1) is 2.00. The number of hydrogen-bond acceptors (Lipinski definition) is 4. The molecule has 4 nitrogen and oxygen atoms in total. The van der Waals surface area contributed by atoms with Gasteiger partial charge in [-0.05, 0) is 0 Å². The van der Waals surface area contributed by atoms with Gasteiger partial charge in [-0.3, -0.25) is 0 Å². The summed E-state index contributed by atoms with van der Waals surface area (Å²) in [6.07, 6.45) is 0. The molecule has 0 amide bonds. The summed E-state index contributed by atoms with van der Waals surface area (Å²) < 4.78 is 34.1. The Morgan fingerprint density at radius 1 is 0.833 bits per heavy atom. The second-order valence-corrected chi connectivity index (χ2v) is 1.30. The van der Waals surface area contributed by atoms with Gasteiger partial charge in [0.05, 0.1) is 0 Å². The van der Waals surface area contributed by atoms with E-state index in [2.05, 4.69) is 0 Å². The molecule has 6 heteroatoms. The van der Waals surface area contributed by atoms with Crippen LogP contribution in [0.1, 0.15) is 0 Å². The summed E-state index contributed by atoms with van der Waals surface area (Å²) in [5, 5.41) is 0. The Kier molecular flexibility index (Phi) is 3.80. The van der Waals surface area contributed by atoms with Crippen LogP contribution < -0.4 is 0 Å². The van der Waals surface area contributed by atoms with Crippen molar-refractivity contribution in [3.63, 3.8) is 0 Å². The maximum atomic E-state index is 8.53. The molecule has 0 fully saturated rings. The molecule has 0 saturated carbocycles. The standard InChI is InChI=1S/Fe.Ni.4O. The molecule has 0 aromatic carbocycles. The number of hydrogen-bond donors (Lipinski definition) is 0. The van der Waals surface area contributed by atoms with Crippen molar-refractivity contribution in [2.75, 3.05) is 0 Å². The summed E-state index contributed by atoms with van der Waals surface area (Å²) in [7, 11) is 0. The van der Waals surface area contributed by atoms with Gasteiger partial charge in [0, 0.05) is 17.1 Å². The molecule has 0 heterocycles. The number of rotatable bonds is 0. The van der Waals surface area contributed by atoms with Gasteiger partial charge in [-0.25, -0.2) is 0 Å². The molecule has 0 N–H and O–H groups in total. The second-order valence-electron chi connectivity index (χ2n) is 0.316. The van der Waals surface area contributed by atoms with Gasteiger partial charge in [-0.1, -0.05) is 0 Å². The minimum absolute atomic E-state index is 0. The van der Waals surface area contributed by atoms with E-state index in [-0.39, 0.29) is 17.1 Å². The summed E-state index contributed by atoms with van der Waals surface area (Å²) in [6, 6.07) is 0. The molecule has 0 aliphatic carbocycles.